The Bertz CT molecular complexity index is 520. The number of carboxylic acids is 1. The van der Waals surface area contributed by atoms with E-state index >= 15 is 0 Å². The summed E-state index contributed by atoms with van der Waals surface area (Å²) in [6.45, 7) is 0.496. The molecule has 19 heavy (non-hydrogen) atoms. The Morgan fingerprint density at radius 2 is 2.00 bits per heavy atom. The van der Waals surface area contributed by atoms with E-state index in [1.807, 2.05) is 29.0 Å². The Hall–Kier alpha value is -2.10. The number of rotatable bonds is 7. The lowest BCUT2D eigenvalue weighted by Gasteiger charge is -2.06. The Labute approximate surface area is 112 Å². The van der Waals surface area contributed by atoms with Crippen molar-refractivity contribution in [3.8, 4) is 0 Å². The Balaban J connectivity index is 1.83. The van der Waals surface area contributed by atoms with Crippen LogP contribution >= 0.6 is 0 Å². The first-order chi connectivity index (χ1) is 9.25. The number of hydrogen-bond donors (Lipinski definition) is 1. The van der Waals surface area contributed by atoms with Crippen LogP contribution < -0.4 is 0 Å². The van der Waals surface area contributed by atoms with Crippen molar-refractivity contribution in [2.45, 2.75) is 32.2 Å². The molecule has 100 valence electrons. The zero-order valence-electron chi connectivity index (χ0n) is 10.8. The van der Waals surface area contributed by atoms with Crippen molar-refractivity contribution in [1.29, 1.82) is 0 Å². The largest absolute Gasteiger partial charge is 0.481 e. The molecule has 0 radical (unpaired) electrons. The molecule has 1 aromatic heterocycles. The molecule has 0 amide bonds. The van der Waals surface area contributed by atoms with Gasteiger partial charge in [0, 0.05) is 25.4 Å². The Morgan fingerprint density at radius 3 is 2.74 bits per heavy atom. The maximum Gasteiger partial charge on any atom is 0.305 e. The lowest BCUT2D eigenvalue weighted by molar-refractivity contribution is -0.137. The summed E-state index contributed by atoms with van der Waals surface area (Å²) in [5.74, 6) is 0.195. The molecule has 0 fully saturated rings. The SMILES string of the molecule is O=C(O)CCn1ccnc1CCCc1ccccc1. The Kier molecular flexibility index (Phi) is 4.72. The average Bonchev–Trinajstić information content (AvgIpc) is 2.85. The first kappa shape index (κ1) is 13.3. The van der Waals surface area contributed by atoms with Gasteiger partial charge in [0.05, 0.1) is 6.42 Å². The molecule has 0 spiro atoms. The van der Waals surface area contributed by atoms with Crippen molar-refractivity contribution in [3.05, 3.63) is 54.1 Å². The molecule has 0 aliphatic carbocycles. The predicted molar refractivity (Wildman–Crippen MR) is 72.9 cm³/mol. The van der Waals surface area contributed by atoms with Gasteiger partial charge in [-0.2, -0.15) is 0 Å². The molecule has 0 unspecified atom stereocenters. The van der Waals surface area contributed by atoms with E-state index in [1.54, 1.807) is 6.20 Å². The number of carboxylic acid groups (broad SMARTS) is 1. The van der Waals surface area contributed by atoms with Crippen LogP contribution in [0.4, 0.5) is 0 Å². The van der Waals surface area contributed by atoms with E-state index < -0.39 is 5.97 Å². The van der Waals surface area contributed by atoms with Gasteiger partial charge in [0.25, 0.3) is 0 Å². The number of nitrogens with zero attached hydrogens (tertiary/aromatic N) is 2. The summed E-state index contributed by atoms with van der Waals surface area (Å²) in [6.07, 6.45) is 6.64. The average molecular weight is 258 g/mol. The molecule has 0 atom stereocenters. The van der Waals surface area contributed by atoms with Gasteiger partial charge >= 0.3 is 5.97 Å². The summed E-state index contributed by atoms with van der Waals surface area (Å²) in [7, 11) is 0. The van der Waals surface area contributed by atoms with Crippen LogP contribution in [0.2, 0.25) is 0 Å². The van der Waals surface area contributed by atoms with Crippen molar-refractivity contribution in [1.82, 2.24) is 9.55 Å². The first-order valence-electron chi connectivity index (χ1n) is 6.51. The zero-order valence-corrected chi connectivity index (χ0v) is 10.8. The molecule has 0 aliphatic heterocycles. The lowest BCUT2D eigenvalue weighted by Crippen LogP contribution is -2.07. The smallest absolute Gasteiger partial charge is 0.305 e. The number of imidazole rings is 1. The molecular weight excluding hydrogens is 240 g/mol. The van der Waals surface area contributed by atoms with Gasteiger partial charge in [-0.25, -0.2) is 4.98 Å². The molecule has 4 nitrogen and oxygen atoms in total. The van der Waals surface area contributed by atoms with E-state index in [0.717, 1.165) is 25.1 Å². The van der Waals surface area contributed by atoms with Crippen LogP contribution in [0.5, 0.6) is 0 Å². The van der Waals surface area contributed by atoms with E-state index in [4.69, 9.17) is 5.11 Å². The minimum absolute atomic E-state index is 0.141. The van der Waals surface area contributed by atoms with Gasteiger partial charge < -0.3 is 9.67 Å². The molecular formula is C15H18N2O2. The van der Waals surface area contributed by atoms with Gasteiger partial charge in [-0.3, -0.25) is 4.79 Å². The number of hydrogen-bond acceptors (Lipinski definition) is 2. The third-order valence-electron chi connectivity index (χ3n) is 3.08. The van der Waals surface area contributed by atoms with Crippen LogP contribution in [-0.2, 0) is 24.2 Å². The van der Waals surface area contributed by atoms with Crippen LogP contribution in [-0.4, -0.2) is 20.6 Å². The second-order valence-electron chi connectivity index (χ2n) is 4.52. The van der Waals surface area contributed by atoms with Gasteiger partial charge in [-0.1, -0.05) is 30.3 Å². The van der Waals surface area contributed by atoms with Crippen LogP contribution in [0, 0.1) is 0 Å². The third kappa shape index (κ3) is 4.25. The molecule has 0 aliphatic rings. The predicted octanol–water partition coefficient (Wildman–Crippen LogP) is 2.53. The highest BCUT2D eigenvalue weighted by Gasteiger charge is 2.05. The van der Waals surface area contributed by atoms with Crippen LogP contribution in [0.3, 0.4) is 0 Å². The summed E-state index contributed by atoms with van der Waals surface area (Å²) >= 11 is 0. The summed E-state index contributed by atoms with van der Waals surface area (Å²) in [6, 6.07) is 10.3. The monoisotopic (exact) mass is 258 g/mol. The lowest BCUT2D eigenvalue weighted by atomic mass is 10.1. The van der Waals surface area contributed by atoms with Crippen molar-refractivity contribution < 1.29 is 9.90 Å². The number of carbonyl (C=O) groups is 1. The molecule has 0 bridgehead atoms. The molecule has 1 heterocycles. The molecule has 2 aromatic rings. The molecule has 1 aromatic carbocycles. The summed E-state index contributed by atoms with van der Waals surface area (Å²) < 4.78 is 1.93. The van der Waals surface area contributed by atoms with E-state index in [9.17, 15) is 4.79 Å². The van der Waals surface area contributed by atoms with Gasteiger partial charge in [-0.05, 0) is 18.4 Å². The number of aryl methyl sites for hydroxylation is 3. The molecule has 0 saturated carbocycles. The van der Waals surface area contributed by atoms with Crippen LogP contribution in [0.15, 0.2) is 42.7 Å². The maximum absolute atomic E-state index is 10.6. The second-order valence-corrected chi connectivity index (χ2v) is 4.52. The van der Waals surface area contributed by atoms with Crippen molar-refractivity contribution >= 4 is 5.97 Å². The fourth-order valence-electron chi connectivity index (χ4n) is 2.08. The number of aromatic nitrogens is 2. The van der Waals surface area contributed by atoms with E-state index in [2.05, 4.69) is 17.1 Å². The van der Waals surface area contributed by atoms with Gasteiger partial charge in [0.15, 0.2) is 0 Å². The summed E-state index contributed by atoms with van der Waals surface area (Å²) in [5.41, 5.74) is 1.33. The number of benzene rings is 1. The van der Waals surface area contributed by atoms with Crippen molar-refractivity contribution in [2.24, 2.45) is 0 Å². The van der Waals surface area contributed by atoms with Gasteiger partial charge in [0.1, 0.15) is 5.82 Å². The van der Waals surface area contributed by atoms with Crippen molar-refractivity contribution in [2.75, 3.05) is 0 Å². The van der Waals surface area contributed by atoms with Gasteiger partial charge in [0.2, 0.25) is 0 Å². The van der Waals surface area contributed by atoms with Crippen molar-refractivity contribution in [3.63, 3.8) is 0 Å². The van der Waals surface area contributed by atoms with E-state index in [1.165, 1.54) is 5.56 Å². The summed E-state index contributed by atoms with van der Waals surface area (Å²) in [4.78, 5) is 14.9. The minimum Gasteiger partial charge on any atom is -0.481 e. The standard InChI is InChI=1S/C15H18N2O2/c18-15(19)9-11-17-12-10-16-14(17)8-4-7-13-5-2-1-3-6-13/h1-3,5-6,10,12H,4,7-9,11H2,(H,18,19). The fraction of sp³-hybridized carbons (Fsp3) is 0.333. The van der Waals surface area contributed by atoms with E-state index in [-0.39, 0.29) is 6.42 Å². The Morgan fingerprint density at radius 1 is 1.21 bits per heavy atom. The fourth-order valence-corrected chi connectivity index (χ4v) is 2.08. The zero-order chi connectivity index (χ0) is 13.5. The van der Waals surface area contributed by atoms with Gasteiger partial charge in [-0.15, -0.1) is 0 Å². The highest BCUT2D eigenvalue weighted by molar-refractivity contribution is 5.66. The highest BCUT2D eigenvalue weighted by atomic mass is 16.4. The molecule has 4 heteroatoms. The second kappa shape index (κ2) is 6.73. The molecule has 1 N–H and O–H groups in total. The van der Waals surface area contributed by atoms with E-state index in [0.29, 0.717) is 6.54 Å². The number of aliphatic carboxylic acids is 1. The maximum atomic E-state index is 10.6. The van der Waals surface area contributed by atoms with Crippen LogP contribution in [0.25, 0.3) is 0 Å². The molecule has 0 saturated heterocycles. The normalized spacial score (nSPS) is 10.5. The van der Waals surface area contributed by atoms with Crippen LogP contribution in [0.1, 0.15) is 24.2 Å². The summed E-state index contributed by atoms with van der Waals surface area (Å²) in [5, 5.41) is 8.69. The molecule has 2 rings (SSSR count). The first-order valence-corrected chi connectivity index (χ1v) is 6.51. The minimum atomic E-state index is -0.774. The third-order valence-corrected chi connectivity index (χ3v) is 3.08. The highest BCUT2D eigenvalue weighted by Crippen LogP contribution is 2.07. The quantitative estimate of drug-likeness (QED) is 0.830. The topological polar surface area (TPSA) is 55.1 Å².